The topological polar surface area (TPSA) is 177 Å². The monoisotopic (exact) mass is 802 g/mol. The Labute approximate surface area is 334 Å². The van der Waals surface area contributed by atoms with E-state index in [2.05, 4.69) is 91.5 Å². The summed E-state index contributed by atoms with van der Waals surface area (Å²) in [6, 6.07) is 29.5. The third-order valence-electron chi connectivity index (χ3n) is 10.2. The maximum absolute atomic E-state index is 9.77. The zero-order valence-corrected chi connectivity index (χ0v) is 32.5. The van der Waals surface area contributed by atoms with Crippen molar-refractivity contribution in [1.82, 2.24) is 4.90 Å². The molecule has 0 saturated carbocycles. The first-order chi connectivity index (χ1) is 27.5. The summed E-state index contributed by atoms with van der Waals surface area (Å²) >= 11 is 1.88. The number of benzene rings is 4. The number of para-hydroxylation sites is 2. The molecule has 5 heterocycles. The summed E-state index contributed by atoms with van der Waals surface area (Å²) in [7, 11) is 4.29. The molecule has 302 valence electrons. The lowest BCUT2D eigenvalue weighted by molar-refractivity contribution is -0.165. The van der Waals surface area contributed by atoms with Crippen molar-refractivity contribution < 1.29 is 58.4 Å². The van der Waals surface area contributed by atoms with Gasteiger partial charge in [0.05, 0.1) is 36.8 Å². The highest BCUT2D eigenvalue weighted by Gasteiger charge is 2.48. The van der Waals surface area contributed by atoms with Gasteiger partial charge in [-0.05, 0) is 79.7 Å². The van der Waals surface area contributed by atoms with Gasteiger partial charge in [-0.2, -0.15) is 0 Å². The smallest absolute Gasteiger partial charge is 0.335 e. The summed E-state index contributed by atoms with van der Waals surface area (Å²) in [5.41, 5.74) is 4.92. The molecule has 0 amide bonds. The van der Waals surface area contributed by atoms with Crippen molar-refractivity contribution in [2.45, 2.75) is 41.1 Å². The second-order valence-corrected chi connectivity index (χ2v) is 15.7. The minimum atomic E-state index is -2.27. The average molecular weight is 803 g/mol. The van der Waals surface area contributed by atoms with Gasteiger partial charge in [-0.25, -0.2) is 9.59 Å². The van der Waals surface area contributed by atoms with Gasteiger partial charge in [-0.1, -0.05) is 55.1 Å². The lowest BCUT2D eigenvalue weighted by Gasteiger charge is -2.35. The maximum Gasteiger partial charge on any atom is 0.335 e. The predicted octanol–water partition coefficient (Wildman–Crippen LogP) is 5.58. The van der Waals surface area contributed by atoms with Gasteiger partial charge in [0.1, 0.15) is 0 Å². The molecule has 14 nitrogen and oxygen atoms in total. The Morgan fingerprint density at radius 2 is 1.14 bits per heavy atom. The number of ether oxygens (including phenoxy) is 6. The van der Waals surface area contributed by atoms with Gasteiger partial charge < -0.3 is 58.6 Å². The van der Waals surface area contributed by atoms with Gasteiger partial charge in [-0.3, -0.25) is 0 Å². The molecule has 2 saturated heterocycles. The number of aliphatic carboxylic acids is 2. The summed E-state index contributed by atoms with van der Waals surface area (Å²) in [6.45, 7) is 6.41. The molecule has 5 aliphatic rings. The standard InChI is InChI=1S/C20H18O6.C18H22N2S.C4H6O6/c1-3-15-17(25-9-23-15)5-11(1)19-13-7-22-20(14(13)8-21-19)12-2-4-16-18(6-12)26-10-24-16;1-14(12-19(2)3)13-20-15-8-4-6-10-17(15)21-18-11-7-5-9-16(18)20;5-1(3(7)8)2(6)4(9)10/h1-6,13-14,19-20H,7-10H2;4-11,14H,12-13H2,1-3H3;1-2,5-6H,(H,7,8)(H,9,10). The van der Waals surface area contributed by atoms with E-state index in [1.54, 1.807) is 0 Å². The highest BCUT2D eigenvalue weighted by molar-refractivity contribution is 7.99. The lowest BCUT2D eigenvalue weighted by atomic mass is 9.85. The van der Waals surface area contributed by atoms with Crippen LogP contribution < -0.4 is 23.8 Å². The molecule has 7 atom stereocenters. The minimum Gasteiger partial charge on any atom is -0.479 e. The summed E-state index contributed by atoms with van der Waals surface area (Å²) in [5, 5.41) is 32.5. The second kappa shape index (κ2) is 17.6. The van der Waals surface area contributed by atoms with Crippen LogP contribution in [-0.4, -0.2) is 103 Å². The Kier molecular flexibility index (Phi) is 12.4. The van der Waals surface area contributed by atoms with E-state index in [0.29, 0.717) is 31.0 Å². The molecular weight excluding hydrogens is 757 g/mol. The molecule has 0 aromatic heterocycles. The molecular formula is C42H46N2O12S. The molecule has 4 aromatic rings. The van der Waals surface area contributed by atoms with Gasteiger partial charge in [0.2, 0.25) is 13.6 Å². The van der Waals surface area contributed by atoms with Crippen LogP contribution in [0, 0.1) is 17.8 Å². The van der Waals surface area contributed by atoms with Crippen molar-refractivity contribution in [1.29, 1.82) is 0 Å². The molecule has 0 spiro atoms. The van der Waals surface area contributed by atoms with Crippen LogP contribution in [-0.2, 0) is 19.1 Å². The Bertz CT molecular complexity index is 1930. The van der Waals surface area contributed by atoms with Gasteiger partial charge >= 0.3 is 11.9 Å². The fourth-order valence-electron chi connectivity index (χ4n) is 7.66. The van der Waals surface area contributed by atoms with Crippen molar-refractivity contribution in [3.63, 3.8) is 0 Å². The number of hydrogen-bond acceptors (Lipinski definition) is 13. The fourth-order valence-corrected chi connectivity index (χ4v) is 8.75. The Morgan fingerprint density at radius 1 is 0.702 bits per heavy atom. The number of rotatable bonds is 9. The number of aliphatic hydroxyl groups is 2. The van der Waals surface area contributed by atoms with E-state index in [4.69, 9.17) is 48.8 Å². The van der Waals surface area contributed by atoms with Crippen LogP contribution in [0.5, 0.6) is 23.0 Å². The average Bonchev–Trinajstić information content (AvgIpc) is 4.02. The molecule has 4 aromatic carbocycles. The lowest BCUT2D eigenvalue weighted by Crippen LogP contribution is -2.39. The van der Waals surface area contributed by atoms with Crippen molar-refractivity contribution in [2.24, 2.45) is 17.8 Å². The molecule has 7 unspecified atom stereocenters. The number of fused-ring (bicyclic) bond motifs is 5. The third kappa shape index (κ3) is 8.93. The largest absolute Gasteiger partial charge is 0.479 e. The van der Waals surface area contributed by atoms with E-state index in [0.717, 1.165) is 47.2 Å². The number of hydrogen-bond donors (Lipinski definition) is 4. The highest BCUT2D eigenvalue weighted by atomic mass is 32.2. The normalized spacial score (nSPS) is 22.2. The molecule has 0 radical (unpaired) electrons. The van der Waals surface area contributed by atoms with Crippen LogP contribution >= 0.6 is 11.8 Å². The van der Waals surface area contributed by atoms with E-state index < -0.39 is 24.1 Å². The van der Waals surface area contributed by atoms with E-state index in [1.165, 1.54) is 21.2 Å². The number of nitrogens with zero attached hydrogens (tertiary/aromatic N) is 2. The van der Waals surface area contributed by atoms with Gasteiger partial charge in [0.15, 0.2) is 35.2 Å². The van der Waals surface area contributed by atoms with E-state index in [-0.39, 0.29) is 25.8 Å². The number of aliphatic hydroxyl groups excluding tert-OH is 2. The Balaban J connectivity index is 0.000000144. The van der Waals surface area contributed by atoms with E-state index in [1.807, 2.05) is 36.0 Å². The summed E-state index contributed by atoms with van der Waals surface area (Å²) in [6.07, 6.45) is -4.49. The van der Waals surface area contributed by atoms with E-state index in [9.17, 15) is 9.59 Å². The number of carboxylic acid groups (broad SMARTS) is 2. The zero-order valence-electron chi connectivity index (χ0n) is 31.7. The first-order valence-corrected chi connectivity index (χ1v) is 19.4. The minimum absolute atomic E-state index is 0.0218. The first-order valence-electron chi connectivity index (χ1n) is 18.6. The molecule has 57 heavy (non-hydrogen) atoms. The molecule has 4 N–H and O–H groups in total. The first kappa shape index (κ1) is 40.2. The van der Waals surface area contributed by atoms with Crippen molar-refractivity contribution in [2.75, 3.05) is 58.9 Å². The second-order valence-electron chi connectivity index (χ2n) is 14.6. The molecule has 15 heteroatoms. The van der Waals surface area contributed by atoms with E-state index >= 15 is 0 Å². The number of carbonyl (C=O) groups is 2. The van der Waals surface area contributed by atoms with Crippen LogP contribution in [0.25, 0.3) is 0 Å². The summed E-state index contributed by atoms with van der Waals surface area (Å²) < 4.78 is 34.2. The van der Waals surface area contributed by atoms with Crippen LogP contribution in [0.15, 0.2) is 94.7 Å². The highest BCUT2D eigenvalue weighted by Crippen LogP contribution is 2.52. The fraction of sp³-hybridized carbons (Fsp3) is 0.381. The molecule has 9 rings (SSSR count). The summed E-state index contributed by atoms with van der Waals surface area (Å²) in [4.78, 5) is 27.0. The van der Waals surface area contributed by atoms with Crippen LogP contribution in [0.2, 0.25) is 0 Å². The predicted molar refractivity (Wildman–Crippen MR) is 209 cm³/mol. The molecule has 0 aliphatic carbocycles. The maximum atomic E-state index is 9.77. The van der Waals surface area contributed by atoms with Gasteiger partial charge in [-0.15, -0.1) is 0 Å². The van der Waals surface area contributed by atoms with Crippen molar-refractivity contribution in [3.8, 4) is 23.0 Å². The summed E-state index contributed by atoms with van der Waals surface area (Å²) in [5.74, 6) is 0.903. The van der Waals surface area contributed by atoms with Crippen LogP contribution in [0.1, 0.15) is 30.3 Å². The van der Waals surface area contributed by atoms with Crippen LogP contribution in [0.3, 0.4) is 0 Å². The van der Waals surface area contributed by atoms with Gasteiger partial charge in [0.25, 0.3) is 0 Å². The van der Waals surface area contributed by atoms with Crippen molar-refractivity contribution >= 4 is 35.1 Å². The van der Waals surface area contributed by atoms with Crippen LogP contribution in [0.4, 0.5) is 11.4 Å². The molecule has 5 aliphatic heterocycles. The molecule has 0 bridgehead atoms. The number of anilines is 2. The Morgan fingerprint density at radius 3 is 1.58 bits per heavy atom. The van der Waals surface area contributed by atoms with Crippen molar-refractivity contribution in [3.05, 3.63) is 96.1 Å². The van der Waals surface area contributed by atoms with Gasteiger partial charge in [0, 0.05) is 34.7 Å². The number of carboxylic acids is 2. The third-order valence-corrected chi connectivity index (χ3v) is 11.4. The Hall–Kier alpha value is -5.03. The molecule has 2 fully saturated rings. The zero-order chi connectivity index (χ0) is 40.2. The SMILES string of the molecule is CC(CN(C)C)CN1c2ccccc2Sc2ccccc21.O=C(O)C(O)C(O)C(=O)O.c1cc2c(cc1C1OCC3C(c4ccc5c(c4)OCO5)OCC13)OCO2. The quantitative estimate of drug-likeness (QED) is 0.165.